The minimum absolute atomic E-state index is 0.196. The van der Waals surface area contributed by atoms with Crippen molar-refractivity contribution in [2.75, 3.05) is 6.61 Å². The zero-order valence-corrected chi connectivity index (χ0v) is 19.8. The van der Waals surface area contributed by atoms with E-state index in [0.29, 0.717) is 19.8 Å². The van der Waals surface area contributed by atoms with Crippen LogP contribution in [0.1, 0.15) is 12.5 Å². The Balaban J connectivity index is 1.95. The van der Waals surface area contributed by atoms with Crippen LogP contribution in [0.5, 0.6) is 0 Å². The second kappa shape index (κ2) is 10.4. The van der Waals surface area contributed by atoms with E-state index in [9.17, 15) is 33.0 Å². The van der Waals surface area contributed by atoms with Crippen LogP contribution in [0.25, 0.3) is 11.4 Å². The maximum atomic E-state index is 13.0. The van der Waals surface area contributed by atoms with Gasteiger partial charge >= 0.3 is 11.9 Å². The van der Waals surface area contributed by atoms with E-state index in [2.05, 4.69) is 10.4 Å². The Kier molecular flexibility index (Phi) is 7.95. The van der Waals surface area contributed by atoms with Crippen molar-refractivity contribution in [1.29, 1.82) is 0 Å². The molecule has 2 unspecified atom stereocenters. The smallest absolute Gasteiger partial charge is 0.394 e. The van der Waals surface area contributed by atoms with Crippen molar-refractivity contribution in [3.8, 4) is 11.4 Å². The van der Waals surface area contributed by atoms with Gasteiger partial charge in [-0.3, -0.25) is 9.36 Å². The van der Waals surface area contributed by atoms with Crippen LogP contribution in [-0.2, 0) is 23.4 Å². The fraction of sp³-hybridized carbons (Fsp3) is 0.318. The normalized spacial score (nSPS) is 14.4. The molecule has 0 aliphatic carbocycles. The predicted octanol–water partition coefficient (Wildman–Crippen LogP) is 2.97. The minimum atomic E-state index is -4.98. The van der Waals surface area contributed by atoms with E-state index in [4.69, 9.17) is 23.2 Å². The molecule has 2 aromatic carbocycles. The summed E-state index contributed by atoms with van der Waals surface area (Å²) in [5.74, 6) is -0.953. The lowest BCUT2D eigenvalue weighted by Crippen LogP contribution is -2.48. The number of nitrogens with one attached hydrogen (secondary N) is 1. The molecule has 0 spiro atoms. The van der Waals surface area contributed by atoms with Crippen LogP contribution in [0.4, 0.5) is 13.2 Å². The lowest BCUT2D eigenvalue weighted by molar-refractivity contribution is -0.207. The molecule has 3 N–H and O–H groups in total. The van der Waals surface area contributed by atoms with Crippen LogP contribution >= 0.6 is 23.2 Å². The summed E-state index contributed by atoms with van der Waals surface area (Å²) < 4.78 is 40.2. The lowest BCUT2D eigenvalue weighted by atomic mass is 9.92. The van der Waals surface area contributed by atoms with E-state index >= 15 is 0 Å². The van der Waals surface area contributed by atoms with Gasteiger partial charge in [-0.25, -0.2) is 9.48 Å². The number of alkyl halides is 3. The van der Waals surface area contributed by atoms with E-state index in [1.807, 2.05) is 0 Å². The summed E-state index contributed by atoms with van der Waals surface area (Å²) in [5.41, 5.74) is -1.69. The molecule has 0 aliphatic rings. The van der Waals surface area contributed by atoms with Gasteiger partial charge in [0.05, 0.1) is 18.7 Å². The molecule has 0 aliphatic heterocycles. The third kappa shape index (κ3) is 6.04. The van der Waals surface area contributed by atoms with Gasteiger partial charge < -0.3 is 15.5 Å². The Morgan fingerprint density at radius 1 is 1.14 bits per heavy atom. The number of carbonyl (C=O) groups excluding carboxylic acids is 1. The second-order valence-electron chi connectivity index (χ2n) is 7.96. The van der Waals surface area contributed by atoms with Gasteiger partial charge in [0.2, 0.25) is 5.91 Å². The largest absolute Gasteiger partial charge is 0.416 e. The number of aromatic nitrogens is 3. The molecule has 35 heavy (non-hydrogen) atoms. The number of hydrogen-bond donors (Lipinski definition) is 3. The Bertz CT molecular complexity index is 1260. The van der Waals surface area contributed by atoms with Gasteiger partial charge in [0.1, 0.15) is 6.54 Å². The molecule has 0 saturated heterocycles. The molecule has 188 valence electrons. The highest BCUT2D eigenvalue weighted by molar-refractivity contribution is 6.31. The molecule has 8 nitrogen and oxygen atoms in total. The minimum Gasteiger partial charge on any atom is -0.394 e. The molecule has 0 fully saturated rings. The summed E-state index contributed by atoms with van der Waals surface area (Å²) in [7, 11) is 0. The number of carbonyl (C=O) groups is 1. The number of rotatable bonds is 8. The number of amides is 1. The highest BCUT2D eigenvalue weighted by Gasteiger charge is 2.39. The lowest BCUT2D eigenvalue weighted by Gasteiger charge is -2.30. The fourth-order valence-electron chi connectivity index (χ4n) is 3.38. The van der Waals surface area contributed by atoms with Crippen LogP contribution in [0.3, 0.4) is 0 Å². The molecule has 2 atom stereocenters. The first-order valence-electron chi connectivity index (χ1n) is 10.2. The first-order chi connectivity index (χ1) is 16.4. The molecular weight excluding hydrogens is 512 g/mol. The van der Waals surface area contributed by atoms with Gasteiger partial charge in [-0.2, -0.15) is 13.2 Å². The SMILES string of the molecule is CC(CO)(NC(=O)Cn1nc(-c2ccc(Cl)cc2)n(CC(O)C(F)(F)F)c1=O)c1ccccc1Cl. The van der Waals surface area contributed by atoms with Crippen LogP contribution in [-0.4, -0.2) is 49.4 Å². The molecule has 13 heteroatoms. The Morgan fingerprint density at radius 3 is 2.34 bits per heavy atom. The number of hydrogen-bond acceptors (Lipinski definition) is 5. The van der Waals surface area contributed by atoms with Gasteiger partial charge in [0, 0.05) is 15.6 Å². The maximum absolute atomic E-state index is 13.0. The fourth-order valence-corrected chi connectivity index (χ4v) is 3.85. The first kappa shape index (κ1) is 26.7. The Labute approximate surface area is 207 Å². The van der Waals surface area contributed by atoms with E-state index in [1.165, 1.54) is 31.2 Å². The van der Waals surface area contributed by atoms with E-state index in [0.717, 1.165) is 0 Å². The summed E-state index contributed by atoms with van der Waals surface area (Å²) in [6, 6.07) is 12.3. The average molecular weight is 533 g/mol. The van der Waals surface area contributed by atoms with E-state index < -0.39 is 49.1 Å². The van der Waals surface area contributed by atoms with Gasteiger partial charge in [0.25, 0.3) is 0 Å². The van der Waals surface area contributed by atoms with Crippen molar-refractivity contribution < 1.29 is 28.2 Å². The average Bonchev–Trinajstić information content (AvgIpc) is 3.08. The van der Waals surface area contributed by atoms with Gasteiger partial charge in [-0.1, -0.05) is 41.4 Å². The third-order valence-corrected chi connectivity index (χ3v) is 5.83. The molecule has 3 rings (SSSR count). The highest BCUT2D eigenvalue weighted by atomic mass is 35.5. The molecular formula is C22H21Cl2F3N4O4. The van der Waals surface area contributed by atoms with Gasteiger partial charge in [0.15, 0.2) is 11.9 Å². The molecule has 3 aromatic rings. The molecule has 0 saturated carbocycles. The molecule has 0 bridgehead atoms. The number of nitrogens with zero attached hydrogens (tertiary/aromatic N) is 3. The monoisotopic (exact) mass is 532 g/mol. The zero-order valence-electron chi connectivity index (χ0n) is 18.3. The predicted molar refractivity (Wildman–Crippen MR) is 123 cm³/mol. The number of aliphatic hydroxyl groups is 2. The van der Waals surface area contributed by atoms with Crippen molar-refractivity contribution in [1.82, 2.24) is 19.7 Å². The quantitative estimate of drug-likeness (QED) is 0.413. The highest BCUT2D eigenvalue weighted by Crippen LogP contribution is 2.28. The summed E-state index contributed by atoms with van der Waals surface area (Å²) in [4.78, 5) is 25.7. The number of halogens is 5. The topological polar surface area (TPSA) is 109 Å². The molecule has 0 radical (unpaired) electrons. The summed E-state index contributed by atoms with van der Waals surface area (Å²) in [6.07, 6.45) is -7.82. The van der Waals surface area contributed by atoms with Crippen molar-refractivity contribution >= 4 is 29.1 Å². The number of aliphatic hydroxyl groups excluding tert-OH is 2. The van der Waals surface area contributed by atoms with E-state index in [-0.39, 0.29) is 16.4 Å². The molecule has 1 amide bonds. The zero-order chi connectivity index (χ0) is 26.0. The van der Waals surface area contributed by atoms with Crippen LogP contribution in [0.15, 0.2) is 53.3 Å². The Morgan fingerprint density at radius 2 is 1.77 bits per heavy atom. The number of benzene rings is 2. The van der Waals surface area contributed by atoms with Crippen LogP contribution in [0, 0.1) is 0 Å². The van der Waals surface area contributed by atoms with E-state index in [1.54, 1.807) is 24.3 Å². The Hall–Kier alpha value is -2.86. The summed E-state index contributed by atoms with van der Waals surface area (Å²) in [5, 5.41) is 26.7. The first-order valence-corrected chi connectivity index (χ1v) is 11.0. The third-order valence-electron chi connectivity index (χ3n) is 5.25. The van der Waals surface area contributed by atoms with Crippen molar-refractivity contribution in [2.45, 2.75) is 37.8 Å². The van der Waals surface area contributed by atoms with Crippen LogP contribution in [0.2, 0.25) is 10.0 Å². The summed E-state index contributed by atoms with van der Waals surface area (Å²) >= 11 is 12.0. The standard InChI is InChI=1S/C22H21Cl2F3N4O4/c1-21(12-32,15-4-2-3-5-16(15)24)28-18(34)11-31-20(35)30(10-17(33)22(25,26)27)19(29-31)13-6-8-14(23)9-7-13/h2-9,17,32-33H,10-12H2,1H3,(H,28,34). The summed E-state index contributed by atoms with van der Waals surface area (Å²) in [6.45, 7) is -0.809. The maximum Gasteiger partial charge on any atom is 0.416 e. The van der Waals surface area contributed by atoms with Crippen molar-refractivity contribution in [3.05, 3.63) is 74.6 Å². The van der Waals surface area contributed by atoms with Crippen LogP contribution < -0.4 is 11.0 Å². The second-order valence-corrected chi connectivity index (χ2v) is 8.80. The van der Waals surface area contributed by atoms with Gasteiger partial charge in [-0.15, -0.1) is 5.10 Å². The molecule has 1 heterocycles. The van der Waals surface area contributed by atoms with Crippen molar-refractivity contribution in [2.24, 2.45) is 0 Å². The van der Waals surface area contributed by atoms with Crippen molar-refractivity contribution in [3.63, 3.8) is 0 Å². The van der Waals surface area contributed by atoms with Gasteiger partial charge in [-0.05, 0) is 42.8 Å². The molecule has 1 aromatic heterocycles.